The summed E-state index contributed by atoms with van der Waals surface area (Å²) in [5.74, 6) is -0.525. The van der Waals surface area contributed by atoms with E-state index < -0.39 is 5.82 Å². The predicted octanol–water partition coefficient (Wildman–Crippen LogP) is 2.67. The molecule has 120 valence electrons. The number of ether oxygens (including phenoxy) is 1. The quantitative estimate of drug-likeness (QED) is 0.818. The minimum atomic E-state index is -0.569. The smallest absolute Gasteiger partial charge is 0.258 e. The van der Waals surface area contributed by atoms with Gasteiger partial charge in [0.1, 0.15) is 11.6 Å². The molecule has 4 nitrogen and oxygen atoms in total. The Labute approximate surface area is 134 Å². The number of amides is 1. The lowest BCUT2D eigenvalue weighted by molar-refractivity contribution is -0.125. The molecule has 0 radical (unpaired) electrons. The van der Waals surface area contributed by atoms with Crippen molar-refractivity contribution in [2.45, 2.75) is 31.3 Å². The Bertz CT molecular complexity index is 579. The van der Waals surface area contributed by atoms with Crippen molar-refractivity contribution < 1.29 is 13.9 Å². The zero-order chi connectivity index (χ0) is 16.2. The minimum absolute atomic E-state index is 0.0245. The summed E-state index contributed by atoms with van der Waals surface area (Å²) in [6.45, 7) is 1.84. The number of likely N-dealkylation sites (N-methyl/N-ethyl adjacent to an activating group) is 1. The van der Waals surface area contributed by atoms with Crippen LogP contribution in [0.5, 0.6) is 5.75 Å². The van der Waals surface area contributed by atoms with E-state index >= 15 is 0 Å². The molecular formula is C16H20ClFN2O2. The second-order valence-electron chi connectivity index (χ2n) is 5.70. The van der Waals surface area contributed by atoms with E-state index in [1.54, 1.807) is 0 Å². The number of benzene rings is 1. The third-order valence-corrected chi connectivity index (χ3v) is 3.99. The van der Waals surface area contributed by atoms with Gasteiger partial charge < -0.3 is 15.4 Å². The Morgan fingerprint density at radius 3 is 3.00 bits per heavy atom. The molecule has 0 bridgehead atoms. The van der Waals surface area contributed by atoms with Crippen LogP contribution >= 0.6 is 11.6 Å². The van der Waals surface area contributed by atoms with Crippen LogP contribution in [0.2, 0.25) is 5.02 Å². The first kappa shape index (κ1) is 16.8. The Kier molecular flexibility index (Phi) is 5.42. The van der Waals surface area contributed by atoms with E-state index in [4.69, 9.17) is 16.3 Å². The highest BCUT2D eigenvalue weighted by molar-refractivity contribution is 6.30. The third-order valence-electron chi connectivity index (χ3n) is 3.68. The maximum absolute atomic E-state index is 13.3. The second-order valence-corrected chi connectivity index (χ2v) is 6.11. The molecule has 0 fully saturated rings. The van der Waals surface area contributed by atoms with E-state index in [0.29, 0.717) is 0 Å². The van der Waals surface area contributed by atoms with Gasteiger partial charge in [0.05, 0.1) is 5.02 Å². The topological polar surface area (TPSA) is 50.4 Å². The Morgan fingerprint density at radius 1 is 1.55 bits per heavy atom. The van der Waals surface area contributed by atoms with Crippen LogP contribution in [0.4, 0.5) is 4.39 Å². The minimum Gasteiger partial charge on any atom is -0.484 e. The predicted molar refractivity (Wildman–Crippen MR) is 84.7 cm³/mol. The van der Waals surface area contributed by atoms with Crippen LogP contribution in [0, 0.1) is 5.82 Å². The van der Waals surface area contributed by atoms with E-state index in [1.165, 1.54) is 12.1 Å². The van der Waals surface area contributed by atoms with Crippen LogP contribution in [0.3, 0.4) is 0 Å². The van der Waals surface area contributed by atoms with Gasteiger partial charge >= 0.3 is 0 Å². The van der Waals surface area contributed by atoms with Crippen LogP contribution in [-0.4, -0.2) is 31.1 Å². The van der Waals surface area contributed by atoms with Crippen molar-refractivity contribution >= 4 is 17.5 Å². The largest absolute Gasteiger partial charge is 0.484 e. The summed E-state index contributed by atoms with van der Waals surface area (Å²) in [4.78, 5) is 12.0. The number of carbonyl (C=O) groups is 1. The van der Waals surface area contributed by atoms with Crippen molar-refractivity contribution in [3.63, 3.8) is 0 Å². The van der Waals surface area contributed by atoms with E-state index in [1.807, 2.05) is 14.0 Å². The highest BCUT2D eigenvalue weighted by Gasteiger charge is 2.30. The molecule has 0 saturated carbocycles. The van der Waals surface area contributed by atoms with Gasteiger partial charge in [0, 0.05) is 17.6 Å². The lowest BCUT2D eigenvalue weighted by atomic mass is 9.85. The molecular weight excluding hydrogens is 307 g/mol. The maximum Gasteiger partial charge on any atom is 0.258 e. The van der Waals surface area contributed by atoms with E-state index in [0.717, 1.165) is 18.9 Å². The van der Waals surface area contributed by atoms with E-state index in [-0.39, 0.29) is 34.9 Å². The normalized spacial score (nSPS) is 24.1. The average molecular weight is 327 g/mol. The molecule has 0 aromatic heterocycles. The second kappa shape index (κ2) is 7.11. The van der Waals surface area contributed by atoms with Gasteiger partial charge in [-0.15, -0.1) is 0 Å². The number of carbonyl (C=O) groups excluding carboxylic acids is 1. The van der Waals surface area contributed by atoms with Gasteiger partial charge in [-0.1, -0.05) is 23.8 Å². The molecule has 0 saturated heterocycles. The number of rotatable bonds is 5. The summed E-state index contributed by atoms with van der Waals surface area (Å²) in [6.07, 6.45) is 5.73. The van der Waals surface area contributed by atoms with Crippen LogP contribution in [0.1, 0.15) is 19.8 Å². The molecule has 1 aromatic carbocycles. The van der Waals surface area contributed by atoms with Gasteiger partial charge in [0.15, 0.2) is 6.61 Å². The summed E-state index contributed by atoms with van der Waals surface area (Å²) < 4.78 is 18.6. The fraction of sp³-hybridized carbons (Fsp3) is 0.438. The molecule has 2 rings (SSSR count). The van der Waals surface area contributed by atoms with Gasteiger partial charge in [-0.2, -0.15) is 0 Å². The first-order chi connectivity index (χ1) is 10.4. The van der Waals surface area contributed by atoms with Crippen molar-refractivity contribution in [3.05, 3.63) is 41.2 Å². The Balaban J connectivity index is 1.87. The highest BCUT2D eigenvalue weighted by atomic mass is 35.5. The van der Waals surface area contributed by atoms with Gasteiger partial charge in [0.2, 0.25) is 0 Å². The first-order valence-corrected chi connectivity index (χ1v) is 7.52. The van der Waals surface area contributed by atoms with E-state index in [9.17, 15) is 9.18 Å². The molecule has 1 amide bonds. The molecule has 1 aliphatic rings. The fourth-order valence-corrected chi connectivity index (χ4v) is 2.64. The monoisotopic (exact) mass is 326 g/mol. The van der Waals surface area contributed by atoms with E-state index in [2.05, 4.69) is 22.8 Å². The standard InChI is InChI=1S/C16H20ClFN2O2/c1-16(7-3-4-11(9-16)19-2)20-15(21)10-22-12-5-6-13(17)14(18)8-12/h3-6,8,11,19H,7,9-10H2,1-2H3,(H,20,21). The lowest BCUT2D eigenvalue weighted by Gasteiger charge is -2.35. The number of halogens is 2. The average Bonchev–Trinajstić information content (AvgIpc) is 2.48. The molecule has 2 unspecified atom stereocenters. The van der Waals surface area contributed by atoms with Crippen molar-refractivity contribution in [2.75, 3.05) is 13.7 Å². The summed E-state index contributed by atoms with van der Waals surface area (Å²) in [7, 11) is 1.89. The van der Waals surface area contributed by atoms with Gasteiger partial charge in [0.25, 0.3) is 5.91 Å². The van der Waals surface area contributed by atoms with Crippen molar-refractivity contribution in [3.8, 4) is 5.75 Å². The molecule has 0 heterocycles. The first-order valence-electron chi connectivity index (χ1n) is 7.15. The lowest BCUT2D eigenvalue weighted by Crippen LogP contribution is -2.52. The summed E-state index contributed by atoms with van der Waals surface area (Å²) in [5, 5.41) is 6.18. The Hall–Kier alpha value is -1.59. The third kappa shape index (κ3) is 4.45. The molecule has 1 aromatic rings. The van der Waals surface area contributed by atoms with Crippen molar-refractivity contribution in [2.24, 2.45) is 0 Å². The zero-order valence-corrected chi connectivity index (χ0v) is 13.4. The molecule has 0 spiro atoms. The SMILES string of the molecule is CNC1C=CCC(C)(NC(=O)COc2ccc(Cl)c(F)c2)C1. The summed E-state index contributed by atoms with van der Waals surface area (Å²) >= 11 is 5.60. The van der Waals surface area contributed by atoms with Gasteiger partial charge in [-0.3, -0.25) is 4.79 Å². The highest BCUT2D eigenvalue weighted by Crippen LogP contribution is 2.23. The number of nitrogens with one attached hydrogen (secondary N) is 2. The molecule has 2 atom stereocenters. The summed E-state index contributed by atoms with van der Waals surface area (Å²) in [6, 6.07) is 4.33. The van der Waals surface area contributed by atoms with Gasteiger partial charge in [-0.05, 0) is 38.9 Å². The van der Waals surface area contributed by atoms with Crippen LogP contribution in [0.15, 0.2) is 30.4 Å². The number of hydrogen-bond acceptors (Lipinski definition) is 3. The molecule has 6 heteroatoms. The van der Waals surface area contributed by atoms with Crippen LogP contribution in [0.25, 0.3) is 0 Å². The van der Waals surface area contributed by atoms with Crippen LogP contribution in [-0.2, 0) is 4.79 Å². The number of hydrogen-bond donors (Lipinski definition) is 2. The summed E-state index contributed by atoms with van der Waals surface area (Å²) in [5.41, 5.74) is -0.311. The Morgan fingerprint density at radius 2 is 2.32 bits per heavy atom. The fourth-order valence-electron chi connectivity index (χ4n) is 2.52. The molecule has 22 heavy (non-hydrogen) atoms. The zero-order valence-electron chi connectivity index (χ0n) is 12.7. The van der Waals surface area contributed by atoms with Crippen LogP contribution < -0.4 is 15.4 Å². The molecule has 0 aliphatic heterocycles. The van der Waals surface area contributed by atoms with Crippen molar-refractivity contribution in [1.82, 2.24) is 10.6 Å². The van der Waals surface area contributed by atoms with Gasteiger partial charge in [-0.25, -0.2) is 4.39 Å². The van der Waals surface area contributed by atoms with Crippen molar-refractivity contribution in [1.29, 1.82) is 0 Å². The maximum atomic E-state index is 13.3. The molecule has 2 N–H and O–H groups in total. The molecule has 1 aliphatic carbocycles.